The summed E-state index contributed by atoms with van der Waals surface area (Å²) in [5.74, 6) is 0. The standard InChI is InChI=1S/C6H11NO2/c1-2-9-7(8)5-3-4-6-7/h2H,1,3-6H2. The van der Waals surface area contributed by atoms with Crippen molar-refractivity contribution >= 4 is 0 Å². The third kappa shape index (κ3) is 1.43. The summed E-state index contributed by atoms with van der Waals surface area (Å²) in [6.45, 7) is 4.48. The molecule has 0 saturated carbocycles. The maximum Gasteiger partial charge on any atom is 0.147 e. The van der Waals surface area contributed by atoms with E-state index in [4.69, 9.17) is 4.84 Å². The molecule has 0 spiro atoms. The highest BCUT2D eigenvalue weighted by Crippen LogP contribution is 2.17. The van der Waals surface area contributed by atoms with E-state index in [0.29, 0.717) is 13.1 Å². The molecule has 0 radical (unpaired) electrons. The number of hydrogen-bond acceptors (Lipinski definition) is 2. The monoisotopic (exact) mass is 129 g/mol. The molecular formula is C6H11NO2. The third-order valence-corrected chi connectivity index (χ3v) is 1.51. The third-order valence-electron chi connectivity index (χ3n) is 1.51. The molecule has 1 saturated heterocycles. The first kappa shape index (κ1) is 6.58. The fraction of sp³-hybridized carbons (Fsp3) is 0.667. The molecule has 52 valence electrons. The summed E-state index contributed by atoms with van der Waals surface area (Å²) >= 11 is 0. The minimum atomic E-state index is -0.524. The maximum atomic E-state index is 11.1. The van der Waals surface area contributed by atoms with Crippen LogP contribution in [0.5, 0.6) is 0 Å². The predicted octanol–water partition coefficient (Wildman–Crippen LogP) is 1.17. The summed E-state index contributed by atoms with van der Waals surface area (Å²) in [5, 5.41) is 11.1. The number of rotatable bonds is 2. The van der Waals surface area contributed by atoms with Gasteiger partial charge in [0, 0.05) is 12.8 Å². The minimum Gasteiger partial charge on any atom is -0.589 e. The van der Waals surface area contributed by atoms with Gasteiger partial charge in [-0.2, -0.15) is 4.81 Å². The smallest absolute Gasteiger partial charge is 0.147 e. The first-order valence-electron chi connectivity index (χ1n) is 3.14. The molecule has 1 aliphatic rings. The SMILES string of the molecule is C=CO[N+]1([O-])CCCC1. The number of quaternary nitrogens is 1. The van der Waals surface area contributed by atoms with E-state index in [0.717, 1.165) is 12.8 Å². The van der Waals surface area contributed by atoms with Crippen LogP contribution in [-0.2, 0) is 4.84 Å². The van der Waals surface area contributed by atoms with Crippen LogP contribution in [0.3, 0.4) is 0 Å². The molecule has 0 amide bonds. The van der Waals surface area contributed by atoms with Crippen LogP contribution in [0.15, 0.2) is 12.8 Å². The van der Waals surface area contributed by atoms with Crippen molar-refractivity contribution in [2.24, 2.45) is 0 Å². The van der Waals surface area contributed by atoms with Crippen LogP contribution < -0.4 is 0 Å². The molecule has 0 aromatic carbocycles. The highest BCUT2D eigenvalue weighted by Gasteiger charge is 2.23. The van der Waals surface area contributed by atoms with Gasteiger partial charge < -0.3 is 10.0 Å². The van der Waals surface area contributed by atoms with Gasteiger partial charge in [0.15, 0.2) is 0 Å². The van der Waals surface area contributed by atoms with E-state index in [1.165, 1.54) is 6.26 Å². The van der Waals surface area contributed by atoms with Crippen molar-refractivity contribution in [3.05, 3.63) is 18.0 Å². The number of hydrogen-bond donors (Lipinski definition) is 0. The Labute approximate surface area is 54.7 Å². The van der Waals surface area contributed by atoms with Crippen molar-refractivity contribution in [1.29, 1.82) is 0 Å². The lowest BCUT2D eigenvalue weighted by Crippen LogP contribution is -2.36. The summed E-state index contributed by atoms with van der Waals surface area (Å²) < 4.78 is 0. The first-order chi connectivity index (χ1) is 4.27. The topological polar surface area (TPSA) is 32.3 Å². The van der Waals surface area contributed by atoms with Gasteiger partial charge in [-0.3, -0.25) is 0 Å². The Morgan fingerprint density at radius 3 is 2.44 bits per heavy atom. The molecular weight excluding hydrogens is 118 g/mol. The van der Waals surface area contributed by atoms with E-state index < -0.39 is 4.81 Å². The molecule has 3 heteroatoms. The Hall–Kier alpha value is -0.540. The molecule has 3 nitrogen and oxygen atoms in total. The van der Waals surface area contributed by atoms with Gasteiger partial charge in [0.25, 0.3) is 0 Å². The second-order valence-corrected chi connectivity index (χ2v) is 2.24. The first-order valence-corrected chi connectivity index (χ1v) is 3.14. The average molecular weight is 129 g/mol. The van der Waals surface area contributed by atoms with Crippen LogP contribution in [0.2, 0.25) is 0 Å². The van der Waals surface area contributed by atoms with Gasteiger partial charge in [-0.05, 0) is 0 Å². The van der Waals surface area contributed by atoms with E-state index in [-0.39, 0.29) is 0 Å². The van der Waals surface area contributed by atoms with Crippen molar-refractivity contribution in [2.45, 2.75) is 12.8 Å². The predicted molar refractivity (Wildman–Crippen MR) is 33.9 cm³/mol. The quantitative estimate of drug-likeness (QED) is 0.318. The Morgan fingerprint density at radius 1 is 1.44 bits per heavy atom. The van der Waals surface area contributed by atoms with Gasteiger partial charge in [-0.1, -0.05) is 6.58 Å². The van der Waals surface area contributed by atoms with Gasteiger partial charge in [-0.25, -0.2) is 0 Å². The molecule has 0 N–H and O–H groups in total. The maximum absolute atomic E-state index is 11.1. The zero-order valence-corrected chi connectivity index (χ0v) is 5.38. The van der Waals surface area contributed by atoms with Gasteiger partial charge in [0.05, 0.1) is 0 Å². The zero-order chi connectivity index (χ0) is 6.74. The summed E-state index contributed by atoms with van der Waals surface area (Å²) in [6, 6.07) is 0. The molecule has 0 aromatic heterocycles. The van der Waals surface area contributed by atoms with Crippen LogP contribution in [0.1, 0.15) is 12.8 Å². The van der Waals surface area contributed by atoms with Crippen molar-refractivity contribution in [1.82, 2.24) is 0 Å². The molecule has 1 heterocycles. The fourth-order valence-corrected chi connectivity index (χ4v) is 1.06. The van der Waals surface area contributed by atoms with E-state index in [2.05, 4.69) is 6.58 Å². The molecule has 1 aliphatic heterocycles. The Kier molecular flexibility index (Phi) is 1.73. The Morgan fingerprint density at radius 2 is 2.00 bits per heavy atom. The molecule has 0 atom stereocenters. The summed E-state index contributed by atoms with van der Waals surface area (Å²) in [7, 11) is 0. The lowest BCUT2D eigenvalue weighted by molar-refractivity contribution is -1.05. The number of nitrogens with zero attached hydrogens (tertiary/aromatic N) is 1. The molecule has 1 fully saturated rings. The average Bonchev–Trinajstić information content (AvgIpc) is 2.16. The molecule has 0 aliphatic carbocycles. The van der Waals surface area contributed by atoms with Crippen molar-refractivity contribution in [3.8, 4) is 0 Å². The Balaban J connectivity index is 2.40. The van der Waals surface area contributed by atoms with Crippen molar-refractivity contribution in [2.75, 3.05) is 13.1 Å². The summed E-state index contributed by atoms with van der Waals surface area (Å²) in [5.41, 5.74) is 0. The van der Waals surface area contributed by atoms with Crippen LogP contribution in [0.25, 0.3) is 0 Å². The second kappa shape index (κ2) is 2.37. The van der Waals surface area contributed by atoms with Crippen LogP contribution >= 0.6 is 0 Å². The van der Waals surface area contributed by atoms with Crippen LogP contribution in [-0.4, -0.2) is 17.9 Å². The summed E-state index contributed by atoms with van der Waals surface area (Å²) in [6.07, 6.45) is 3.16. The van der Waals surface area contributed by atoms with Gasteiger partial charge >= 0.3 is 0 Å². The van der Waals surface area contributed by atoms with Crippen LogP contribution in [0.4, 0.5) is 0 Å². The lowest BCUT2D eigenvalue weighted by Gasteiger charge is -2.32. The highest BCUT2D eigenvalue weighted by atomic mass is 16.9. The molecule has 0 bridgehead atoms. The van der Waals surface area contributed by atoms with Crippen molar-refractivity contribution in [3.63, 3.8) is 0 Å². The van der Waals surface area contributed by atoms with E-state index in [1.54, 1.807) is 0 Å². The fourth-order valence-electron chi connectivity index (χ4n) is 1.06. The number of hydroxylamine groups is 4. The minimum absolute atomic E-state index is 0.524. The molecule has 0 unspecified atom stereocenters. The molecule has 1 rings (SSSR count). The van der Waals surface area contributed by atoms with Crippen molar-refractivity contribution < 1.29 is 9.65 Å². The second-order valence-electron chi connectivity index (χ2n) is 2.24. The molecule has 0 aromatic rings. The van der Waals surface area contributed by atoms with Gasteiger partial charge in [-0.15, -0.1) is 0 Å². The highest BCUT2D eigenvalue weighted by molar-refractivity contribution is 4.51. The van der Waals surface area contributed by atoms with E-state index in [1.807, 2.05) is 0 Å². The van der Waals surface area contributed by atoms with E-state index >= 15 is 0 Å². The summed E-state index contributed by atoms with van der Waals surface area (Å²) in [4.78, 5) is 4.21. The van der Waals surface area contributed by atoms with Gasteiger partial charge in [0.1, 0.15) is 19.4 Å². The lowest BCUT2D eigenvalue weighted by atomic mass is 10.4. The Bertz CT molecular complexity index is 108. The zero-order valence-electron chi connectivity index (χ0n) is 5.38. The largest absolute Gasteiger partial charge is 0.589 e. The van der Waals surface area contributed by atoms with Gasteiger partial charge in [0.2, 0.25) is 0 Å². The van der Waals surface area contributed by atoms with E-state index in [9.17, 15) is 5.21 Å². The molecule has 9 heavy (non-hydrogen) atoms. The normalized spacial score (nSPS) is 23.7. The van der Waals surface area contributed by atoms with Crippen LogP contribution in [0, 0.1) is 5.21 Å².